The molecule has 2 nitrogen and oxygen atoms in total. The molecule has 0 amide bonds. The van der Waals surface area contributed by atoms with Gasteiger partial charge in [-0.2, -0.15) is 0 Å². The van der Waals surface area contributed by atoms with Crippen LogP contribution in [0.25, 0.3) is 0 Å². The van der Waals surface area contributed by atoms with Gasteiger partial charge in [0.1, 0.15) is 14.0 Å². The van der Waals surface area contributed by atoms with Crippen LogP contribution in [0.5, 0.6) is 0 Å². The van der Waals surface area contributed by atoms with Crippen molar-refractivity contribution in [1.29, 1.82) is 0 Å². The minimum absolute atomic E-state index is 1.02. The van der Waals surface area contributed by atoms with Crippen LogP contribution in [0.2, 0.25) is 0 Å². The topological polar surface area (TPSA) is 46.2 Å². The number of nitrogens with two attached hydrogens (primary N) is 1. The van der Waals surface area contributed by atoms with Gasteiger partial charge in [-0.3, -0.25) is 0 Å². The van der Waals surface area contributed by atoms with E-state index in [1.807, 2.05) is 0 Å². The zero-order valence-electron chi connectivity index (χ0n) is 5.63. The lowest BCUT2D eigenvalue weighted by atomic mass is 9.76. The van der Waals surface area contributed by atoms with Crippen LogP contribution in [-0.2, 0) is 0 Å². The highest BCUT2D eigenvalue weighted by atomic mass is 19.1. The highest BCUT2D eigenvalue weighted by Crippen LogP contribution is 2.07. The third kappa shape index (κ3) is 2.82. The van der Waals surface area contributed by atoms with E-state index in [0.29, 0.717) is 0 Å². The summed E-state index contributed by atoms with van der Waals surface area (Å²) in [5.41, 5.74) is 3.53. The van der Waals surface area contributed by atoms with Gasteiger partial charge in [-0.1, -0.05) is 0 Å². The summed E-state index contributed by atoms with van der Waals surface area (Å²) < 4.78 is 12.2. The largest absolute Gasteiger partial charge is 0.398 e. The number of halogens is 1. The van der Waals surface area contributed by atoms with Crippen LogP contribution < -0.4 is 5.73 Å². The Morgan fingerprint density at radius 1 is 1.78 bits per heavy atom. The van der Waals surface area contributed by atoms with Gasteiger partial charge in [-0.15, -0.1) is 0 Å². The minimum atomic E-state index is -1.62. The van der Waals surface area contributed by atoms with Gasteiger partial charge in [-0.05, 0) is 13.8 Å². The SMILES string of the molecule is [B]C(C)(O)C(N)C(C)F. The van der Waals surface area contributed by atoms with Crippen LogP contribution in [0.15, 0.2) is 0 Å². The predicted molar refractivity (Wildman–Crippen MR) is 34.9 cm³/mol. The maximum atomic E-state index is 12.2. The fourth-order valence-electron chi connectivity index (χ4n) is 0.465. The molecule has 0 aliphatic rings. The smallest absolute Gasteiger partial charge is 0.115 e. The second kappa shape index (κ2) is 2.67. The van der Waals surface area contributed by atoms with E-state index in [4.69, 9.17) is 18.7 Å². The molecule has 0 aliphatic heterocycles. The van der Waals surface area contributed by atoms with Gasteiger partial charge in [0.05, 0.1) is 6.04 Å². The summed E-state index contributed by atoms with van der Waals surface area (Å²) >= 11 is 0. The Morgan fingerprint density at radius 2 is 2.11 bits per heavy atom. The van der Waals surface area contributed by atoms with Crippen molar-refractivity contribution in [3.8, 4) is 0 Å². The Labute approximate surface area is 55.7 Å². The molecule has 9 heavy (non-hydrogen) atoms. The molecule has 0 aromatic rings. The van der Waals surface area contributed by atoms with Crippen molar-refractivity contribution in [2.45, 2.75) is 31.6 Å². The van der Waals surface area contributed by atoms with E-state index < -0.39 is 17.7 Å². The summed E-state index contributed by atoms with van der Waals surface area (Å²) in [4.78, 5) is 0. The Kier molecular flexibility index (Phi) is 2.64. The van der Waals surface area contributed by atoms with Crippen molar-refractivity contribution in [3.05, 3.63) is 0 Å². The highest BCUT2D eigenvalue weighted by Gasteiger charge is 2.27. The van der Waals surface area contributed by atoms with Crippen molar-refractivity contribution in [2.75, 3.05) is 0 Å². The quantitative estimate of drug-likeness (QED) is 0.498. The Morgan fingerprint density at radius 3 is 2.11 bits per heavy atom. The Bertz CT molecular complexity index is 91.4. The molecule has 4 heteroatoms. The van der Waals surface area contributed by atoms with Crippen molar-refractivity contribution in [1.82, 2.24) is 0 Å². The fraction of sp³-hybridized carbons (Fsp3) is 1.00. The molecule has 0 aromatic carbocycles. The van der Waals surface area contributed by atoms with Gasteiger partial charge in [0.25, 0.3) is 0 Å². The molecular weight excluding hydrogens is 120 g/mol. The average Bonchev–Trinajstić information content (AvgIpc) is 1.62. The minimum Gasteiger partial charge on any atom is -0.398 e. The second-order valence-corrected chi connectivity index (χ2v) is 2.43. The van der Waals surface area contributed by atoms with Crippen LogP contribution in [0.1, 0.15) is 13.8 Å². The highest BCUT2D eigenvalue weighted by molar-refractivity contribution is 6.14. The molecule has 0 saturated heterocycles. The van der Waals surface area contributed by atoms with Crippen LogP contribution in [0.3, 0.4) is 0 Å². The van der Waals surface area contributed by atoms with E-state index in [1.54, 1.807) is 0 Å². The maximum Gasteiger partial charge on any atom is 0.115 e. The molecule has 0 fully saturated rings. The monoisotopic (exact) mass is 131 g/mol. The lowest BCUT2D eigenvalue weighted by molar-refractivity contribution is 0.0823. The normalized spacial score (nSPS) is 24.6. The van der Waals surface area contributed by atoms with Crippen LogP contribution in [0.4, 0.5) is 4.39 Å². The molecule has 2 radical (unpaired) electrons. The molecule has 52 valence electrons. The fourth-order valence-corrected chi connectivity index (χ4v) is 0.465. The van der Waals surface area contributed by atoms with E-state index in [2.05, 4.69) is 0 Å². The van der Waals surface area contributed by atoms with Crippen molar-refractivity contribution in [2.24, 2.45) is 5.73 Å². The standard InChI is InChI=1S/C5H11BFNO/c1-3(7)4(8)5(2,6)9/h3-4,9H,8H2,1-2H3. The van der Waals surface area contributed by atoms with E-state index in [1.165, 1.54) is 13.8 Å². The first-order valence-electron chi connectivity index (χ1n) is 2.76. The van der Waals surface area contributed by atoms with Crippen LogP contribution >= 0.6 is 0 Å². The molecule has 3 unspecified atom stereocenters. The van der Waals surface area contributed by atoms with Gasteiger partial charge in [-0.25, -0.2) is 4.39 Å². The van der Waals surface area contributed by atoms with Gasteiger partial charge in [0, 0.05) is 5.50 Å². The molecule has 0 heterocycles. The summed E-state index contributed by atoms with van der Waals surface area (Å²) in [5.74, 6) is 0. The van der Waals surface area contributed by atoms with Gasteiger partial charge < -0.3 is 10.8 Å². The average molecular weight is 131 g/mol. The molecule has 0 bridgehead atoms. The molecule has 0 rings (SSSR count). The molecule has 0 saturated carbocycles. The summed E-state index contributed by atoms with van der Waals surface area (Å²) in [6.45, 7) is 2.53. The molecule has 0 spiro atoms. The Hall–Kier alpha value is -0.0851. The van der Waals surface area contributed by atoms with Crippen LogP contribution in [0, 0.1) is 0 Å². The van der Waals surface area contributed by atoms with E-state index >= 15 is 0 Å². The molecule has 3 atom stereocenters. The van der Waals surface area contributed by atoms with E-state index in [9.17, 15) is 4.39 Å². The first-order chi connectivity index (χ1) is 3.85. The molecule has 3 N–H and O–H groups in total. The lowest BCUT2D eigenvalue weighted by Gasteiger charge is -2.26. The van der Waals surface area contributed by atoms with Crippen molar-refractivity contribution < 1.29 is 9.50 Å². The third-order valence-electron chi connectivity index (χ3n) is 1.17. The number of alkyl halides is 1. The maximum absolute atomic E-state index is 12.2. The summed E-state index contributed by atoms with van der Waals surface area (Å²) in [6, 6.07) is -1.02. The van der Waals surface area contributed by atoms with Gasteiger partial charge in [0.2, 0.25) is 0 Å². The molecule has 0 aliphatic carbocycles. The lowest BCUT2D eigenvalue weighted by Crippen LogP contribution is -2.51. The third-order valence-corrected chi connectivity index (χ3v) is 1.17. The summed E-state index contributed by atoms with van der Waals surface area (Å²) in [5, 5.41) is 8.87. The van der Waals surface area contributed by atoms with Crippen molar-refractivity contribution >= 4 is 7.85 Å². The number of hydrogen-bond acceptors (Lipinski definition) is 2. The van der Waals surface area contributed by atoms with Crippen LogP contribution in [-0.4, -0.2) is 30.7 Å². The number of hydrogen-bond donors (Lipinski definition) is 2. The van der Waals surface area contributed by atoms with Gasteiger partial charge >= 0.3 is 0 Å². The first kappa shape index (κ1) is 8.91. The number of rotatable bonds is 2. The van der Waals surface area contributed by atoms with Crippen molar-refractivity contribution in [3.63, 3.8) is 0 Å². The summed E-state index contributed by atoms with van der Waals surface area (Å²) in [7, 11) is 5.07. The molecular formula is C5H11BFNO. The van der Waals surface area contributed by atoms with E-state index in [-0.39, 0.29) is 0 Å². The predicted octanol–water partition coefficient (Wildman–Crippen LogP) is -0.451. The number of aliphatic hydroxyl groups is 1. The summed E-state index contributed by atoms with van der Waals surface area (Å²) in [6.07, 6.45) is -1.29. The van der Waals surface area contributed by atoms with Gasteiger partial charge in [0.15, 0.2) is 0 Å². The first-order valence-corrected chi connectivity index (χ1v) is 2.76. The second-order valence-electron chi connectivity index (χ2n) is 2.43. The zero-order valence-corrected chi connectivity index (χ0v) is 5.63. The zero-order chi connectivity index (χ0) is 7.65. The Balaban J connectivity index is 3.88. The van der Waals surface area contributed by atoms with E-state index in [0.717, 1.165) is 0 Å². The molecule has 0 aromatic heterocycles.